The molecule has 1 aliphatic rings. The van der Waals surface area contributed by atoms with Crippen molar-refractivity contribution in [2.24, 2.45) is 0 Å². The molecule has 116 valence electrons. The van der Waals surface area contributed by atoms with Crippen LogP contribution in [0.1, 0.15) is 63.5 Å². The molecule has 2 heterocycles. The zero-order valence-electron chi connectivity index (χ0n) is 12.8. The van der Waals surface area contributed by atoms with Gasteiger partial charge in [-0.25, -0.2) is 4.79 Å². The van der Waals surface area contributed by atoms with E-state index in [0.717, 1.165) is 17.9 Å². The van der Waals surface area contributed by atoms with E-state index in [-0.39, 0.29) is 11.7 Å². The van der Waals surface area contributed by atoms with Gasteiger partial charge >= 0.3 is 5.97 Å². The minimum Gasteiger partial charge on any atom is -0.469 e. The van der Waals surface area contributed by atoms with Crippen molar-refractivity contribution in [3.63, 3.8) is 0 Å². The predicted molar refractivity (Wildman–Crippen MR) is 80.2 cm³/mol. The van der Waals surface area contributed by atoms with E-state index >= 15 is 0 Å². The topological polar surface area (TPSA) is 72.3 Å². The highest BCUT2D eigenvalue weighted by Gasteiger charge is 2.33. The highest BCUT2D eigenvalue weighted by Crippen LogP contribution is 2.35. The van der Waals surface area contributed by atoms with Crippen LogP contribution in [0.2, 0.25) is 0 Å². The zero-order chi connectivity index (χ0) is 15.7. The fourth-order valence-corrected chi connectivity index (χ4v) is 3.03. The minimum atomic E-state index is -0.393. The van der Waals surface area contributed by atoms with Gasteiger partial charge in [0.1, 0.15) is 11.5 Å². The van der Waals surface area contributed by atoms with Crippen LogP contribution in [0.3, 0.4) is 0 Å². The SMILES string of the molecule is CCCOC(=O)c1[nH]c2c(c1C)C(=O)C[C@@H](c1ccco1)C2. The van der Waals surface area contributed by atoms with E-state index in [9.17, 15) is 9.59 Å². The number of rotatable bonds is 4. The Morgan fingerprint density at radius 2 is 2.27 bits per heavy atom. The van der Waals surface area contributed by atoms with Gasteiger partial charge in [0.05, 0.1) is 12.9 Å². The summed E-state index contributed by atoms with van der Waals surface area (Å²) in [4.78, 5) is 27.6. The molecule has 0 fully saturated rings. The highest BCUT2D eigenvalue weighted by molar-refractivity contribution is 6.03. The fraction of sp³-hybridized carbons (Fsp3) is 0.412. The first-order valence-corrected chi connectivity index (χ1v) is 7.57. The number of carbonyl (C=O) groups excluding carboxylic acids is 2. The van der Waals surface area contributed by atoms with Gasteiger partial charge in [0.2, 0.25) is 0 Å². The molecule has 0 radical (unpaired) electrons. The van der Waals surface area contributed by atoms with E-state index in [4.69, 9.17) is 9.15 Å². The molecule has 3 rings (SSSR count). The Kier molecular flexibility index (Phi) is 3.88. The van der Waals surface area contributed by atoms with Crippen LogP contribution in [0.25, 0.3) is 0 Å². The number of H-pyrrole nitrogens is 1. The van der Waals surface area contributed by atoms with Crippen LogP contribution in [-0.4, -0.2) is 23.3 Å². The van der Waals surface area contributed by atoms with Crippen LogP contribution in [0, 0.1) is 6.92 Å². The van der Waals surface area contributed by atoms with Crippen molar-refractivity contribution in [3.05, 3.63) is 46.7 Å². The van der Waals surface area contributed by atoms with Crippen molar-refractivity contribution in [2.75, 3.05) is 6.61 Å². The number of nitrogens with one attached hydrogen (secondary N) is 1. The van der Waals surface area contributed by atoms with E-state index in [1.54, 1.807) is 13.2 Å². The van der Waals surface area contributed by atoms with Gasteiger partial charge < -0.3 is 14.1 Å². The molecule has 1 N–H and O–H groups in total. The maximum atomic E-state index is 12.4. The summed E-state index contributed by atoms with van der Waals surface area (Å²) in [6, 6.07) is 3.71. The number of fused-ring (bicyclic) bond motifs is 1. The number of furan rings is 1. The molecule has 1 atom stereocenters. The van der Waals surface area contributed by atoms with Crippen molar-refractivity contribution in [1.82, 2.24) is 4.98 Å². The smallest absolute Gasteiger partial charge is 0.355 e. The Hall–Kier alpha value is -2.30. The van der Waals surface area contributed by atoms with Crippen LogP contribution >= 0.6 is 0 Å². The monoisotopic (exact) mass is 301 g/mol. The molecular formula is C17H19NO4. The summed E-state index contributed by atoms with van der Waals surface area (Å²) in [5, 5.41) is 0. The van der Waals surface area contributed by atoms with Crippen molar-refractivity contribution in [1.29, 1.82) is 0 Å². The molecule has 0 spiro atoms. The Labute approximate surface area is 128 Å². The molecule has 0 aromatic carbocycles. The largest absolute Gasteiger partial charge is 0.469 e. The molecule has 0 unspecified atom stereocenters. The highest BCUT2D eigenvalue weighted by atomic mass is 16.5. The third-order valence-electron chi connectivity index (χ3n) is 4.08. The number of hydrogen-bond donors (Lipinski definition) is 1. The number of carbonyl (C=O) groups is 2. The second-order valence-corrected chi connectivity index (χ2v) is 5.66. The Bertz CT molecular complexity index is 697. The summed E-state index contributed by atoms with van der Waals surface area (Å²) < 4.78 is 10.6. The van der Waals surface area contributed by atoms with Crippen LogP contribution < -0.4 is 0 Å². The van der Waals surface area contributed by atoms with E-state index < -0.39 is 5.97 Å². The van der Waals surface area contributed by atoms with E-state index in [0.29, 0.717) is 36.3 Å². The second-order valence-electron chi connectivity index (χ2n) is 5.66. The lowest BCUT2D eigenvalue weighted by Gasteiger charge is -2.19. The quantitative estimate of drug-likeness (QED) is 0.878. The van der Waals surface area contributed by atoms with Gasteiger partial charge in [-0.05, 0) is 37.5 Å². The molecule has 0 aliphatic heterocycles. The van der Waals surface area contributed by atoms with E-state index in [1.807, 2.05) is 19.1 Å². The molecule has 0 saturated heterocycles. The van der Waals surface area contributed by atoms with Crippen LogP contribution in [0.4, 0.5) is 0 Å². The third kappa shape index (κ3) is 2.47. The summed E-state index contributed by atoms with van der Waals surface area (Å²) in [6.45, 7) is 4.12. The van der Waals surface area contributed by atoms with Crippen LogP contribution in [-0.2, 0) is 11.2 Å². The van der Waals surface area contributed by atoms with Gasteiger partial charge in [0.25, 0.3) is 0 Å². The van der Waals surface area contributed by atoms with Crippen molar-refractivity contribution in [3.8, 4) is 0 Å². The molecular weight excluding hydrogens is 282 g/mol. The number of aromatic nitrogens is 1. The Morgan fingerprint density at radius 1 is 1.45 bits per heavy atom. The van der Waals surface area contributed by atoms with Gasteiger partial charge in [-0.1, -0.05) is 6.92 Å². The number of aromatic amines is 1. The fourth-order valence-electron chi connectivity index (χ4n) is 3.03. The lowest BCUT2D eigenvalue weighted by Crippen LogP contribution is -2.18. The Morgan fingerprint density at radius 3 is 2.95 bits per heavy atom. The van der Waals surface area contributed by atoms with Gasteiger partial charge in [-0.15, -0.1) is 0 Å². The molecule has 5 heteroatoms. The van der Waals surface area contributed by atoms with Crippen molar-refractivity contribution >= 4 is 11.8 Å². The van der Waals surface area contributed by atoms with Crippen LogP contribution in [0.15, 0.2) is 22.8 Å². The van der Waals surface area contributed by atoms with E-state index in [2.05, 4.69) is 4.98 Å². The maximum Gasteiger partial charge on any atom is 0.355 e. The average Bonchev–Trinajstić information content (AvgIpc) is 3.13. The number of ether oxygens (including phenoxy) is 1. The first-order chi connectivity index (χ1) is 10.6. The lowest BCUT2D eigenvalue weighted by molar-refractivity contribution is 0.0498. The first-order valence-electron chi connectivity index (χ1n) is 7.57. The molecule has 1 aliphatic carbocycles. The van der Waals surface area contributed by atoms with Crippen molar-refractivity contribution < 1.29 is 18.7 Å². The molecule has 0 bridgehead atoms. The number of esters is 1. The zero-order valence-corrected chi connectivity index (χ0v) is 12.8. The predicted octanol–water partition coefficient (Wildman–Crippen LogP) is 3.40. The standard InChI is InChI=1S/C17H19NO4/c1-3-6-22-17(20)16-10(2)15-12(18-16)8-11(9-13(15)19)14-5-4-7-21-14/h4-5,7,11,18H,3,6,8-9H2,1-2H3/t11-/m0/s1. The molecule has 0 saturated carbocycles. The van der Waals surface area contributed by atoms with Gasteiger partial charge in [0.15, 0.2) is 5.78 Å². The van der Waals surface area contributed by atoms with Gasteiger partial charge in [-0.2, -0.15) is 0 Å². The molecule has 2 aromatic heterocycles. The maximum absolute atomic E-state index is 12.4. The first kappa shape index (κ1) is 14.6. The number of ketones is 1. The lowest BCUT2D eigenvalue weighted by atomic mass is 9.84. The van der Waals surface area contributed by atoms with Crippen LogP contribution in [0.5, 0.6) is 0 Å². The normalized spacial score (nSPS) is 17.4. The Balaban J connectivity index is 1.90. The summed E-state index contributed by atoms with van der Waals surface area (Å²) in [7, 11) is 0. The summed E-state index contributed by atoms with van der Waals surface area (Å²) in [5.41, 5.74) is 2.54. The van der Waals surface area contributed by atoms with Crippen molar-refractivity contribution in [2.45, 2.75) is 39.0 Å². The summed E-state index contributed by atoms with van der Waals surface area (Å²) >= 11 is 0. The molecule has 2 aromatic rings. The second kappa shape index (κ2) is 5.83. The molecule has 22 heavy (non-hydrogen) atoms. The summed E-state index contributed by atoms with van der Waals surface area (Å²) in [6.07, 6.45) is 3.45. The third-order valence-corrected chi connectivity index (χ3v) is 4.08. The average molecular weight is 301 g/mol. The number of Topliss-reactive ketones (excluding diaryl/α,β-unsaturated/α-hetero) is 1. The number of hydrogen-bond acceptors (Lipinski definition) is 4. The minimum absolute atomic E-state index is 0.0209. The van der Waals surface area contributed by atoms with E-state index in [1.165, 1.54) is 0 Å². The van der Waals surface area contributed by atoms with Gasteiger partial charge in [-0.3, -0.25) is 4.79 Å². The molecule has 5 nitrogen and oxygen atoms in total. The summed E-state index contributed by atoms with van der Waals surface area (Å²) in [5.74, 6) is 0.482. The van der Waals surface area contributed by atoms with Gasteiger partial charge in [0, 0.05) is 23.6 Å². The molecule has 0 amide bonds.